The van der Waals surface area contributed by atoms with Gasteiger partial charge in [-0.1, -0.05) is 18.2 Å². The first-order chi connectivity index (χ1) is 6.31. The van der Waals surface area contributed by atoms with Crippen LogP contribution in [0.25, 0.3) is 0 Å². The van der Waals surface area contributed by atoms with E-state index >= 15 is 0 Å². The first-order valence-corrected chi connectivity index (χ1v) is 3.99. The van der Waals surface area contributed by atoms with Crippen molar-refractivity contribution in [3.8, 4) is 5.75 Å². The average Bonchev–Trinajstić information content (AvgIpc) is 2.16. The summed E-state index contributed by atoms with van der Waals surface area (Å²) in [6.07, 6.45) is -0.516. The van der Waals surface area contributed by atoms with Crippen molar-refractivity contribution in [2.24, 2.45) is 0 Å². The molecule has 1 amide bonds. The van der Waals surface area contributed by atoms with E-state index in [1.165, 1.54) is 0 Å². The van der Waals surface area contributed by atoms with Crippen LogP contribution in [0.3, 0.4) is 0 Å². The number of hydrogen-bond acceptors (Lipinski definition) is 3. The maximum absolute atomic E-state index is 11.0. The fourth-order valence-electron chi connectivity index (χ4n) is 1.35. The van der Waals surface area contributed by atoms with Crippen LogP contribution in [0, 0.1) is 0 Å². The predicted molar refractivity (Wildman–Crippen MR) is 45.4 cm³/mol. The molecule has 1 aliphatic heterocycles. The third-order valence-corrected chi connectivity index (χ3v) is 1.97. The van der Waals surface area contributed by atoms with Gasteiger partial charge in [-0.2, -0.15) is 0 Å². The van der Waals surface area contributed by atoms with Crippen molar-refractivity contribution in [1.29, 1.82) is 0 Å². The molecule has 1 heterocycles. The molecule has 0 saturated carbocycles. The molecule has 13 heavy (non-hydrogen) atoms. The summed E-state index contributed by atoms with van der Waals surface area (Å²) in [5, 5.41) is 11.5. The molecular formula is C9H9NO3. The predicted octanol–water partition coefficient (Wildman–Crippen LogP) is 0.822. The van der Waals surface area contributed by atoms with Gasteiger partial charge in [-0.05, 0) is 6.07 Å². The zero-order valence-corrected chi connectivity index (χ0v) is 6.86. The molecule has 2 N–H and O–H groups in total. The Labute approximate surface area is 75.1 Å². The lowest BCUT2D eigenvalue weighted by Crippen LogP contribution is -2.37. The fraction of sp³-hybridized carbons (Fsp3) is 0.222. The first kappa shape index (κ1) is 8.07. The Morgan fingerprint density at radius 3 is 3.00 bits per heavy atom. The standard InChI is InChI=1S/C9H9NO3/c11-5-7-6-3-1-2-4-8(6)13-9(12)10-7/h1-4,7,11H,5H2,(H,10,12). The second-order valence-corrected chi connectivity index (χ2v) is 2.81. The zero-order valence-electron chi connectivity index (χ0n) is 6.86. The highest BCUT2D eigenvalue weighted by molar-refractivity contribution is 5.74. The number of aliphatic hydroxyl groups excluding tert-OH is 1. The molecule has 0 fully saturated rings. The van der Waals surface area contributed by atoms with Crippen LogP contribution < -0.4 is 10.1 Å². The molecule has 4 nitrogen and oxygen atoms in total. The van der Waals surface area contributed by atoms with Crippen LogP contribution in [-0.4, -0.2) is 17.8 Å². The van der Waals surface area contributed by atoms with Gasteiger partial charge in [0.15, 0.2) is 0 Å². The molecule has 1 atom stereocenters. The maximum atomic E-state index is 11.0. The van der Waals surface area contributed by atoms with E-state index in [9.17, 15) is 4.79 Å². The lowest BCUT2D eigenvalue weighted by atomic mass is 10.1. The molecule has 1 aliphatic rings. The van der Waals surface area contributed by atoms with Gasteiger partial charge < -0.3 is 15.2 Å². The topological polar surface area (TPSA) is 58.6 Å². The van der Waals surface area contributed by atoms with Gasteiger partial charge >= 0.3 is 6.09 Å². The van der Waals surface area contributed by atoms with Gasteiger partial charge in [-0.25, -0.2) is 4.79 Å². The molecule has 0 radical (unpaired) electrons. The zero-order chi connectivity index (χ0) is 9.26. The van der Waals surface area contributed by atoms with Crippen molar-refractivity contribution in [3.63, 3.8) is 0 Å². The minimum absolute atomic E-state index is 0.119. The van der Waals surface area contributed by atoms with Crippen molar-refractivity contribution in [2.75, 3.05) is 6.61 Å². The number of fused-ring (bicyclic) bond motifs is 1. The SMILES string of the molecule is O=C1NC(CO)c2ccccc2O1. The number of ether oxygens (including phenoxy) is 1. The number of carbonyl (C=O) groups is 1. The summed E-state index contributed by atoms with van der Waals surface area (Å²) in [5.41, 5.74) is 0.810. The molecule has 4 heteroatoms. The van der Waals surface area contributed by atoms with E-state index in [4.69, 9.17) is 9.84 Å². The summed E-state index contributed by atoms with van der Waals surface area (Å²) in [6, 6.07) is 6.79. The Morgan fingerprint density at radius 2 is 2.23 bits per heavy atom. The highest BCUT2D eigenvalue weighted by atomic mass is 16.6. The summed E-state index contributed by atoms with van der Waals surface area (Å²) in [5.74, 6) is 0.519. The third-order valence-electron chi connectivity index (χ3n) is 1.97. The van der Waals surface area contributed by atoms with Crippen molar-refractivity contribution in [1.82, 2.24) is 5.32 Å². The molecule has 1 aromatic rings. The van der Waals surface area contributed by atoms with Crippen LogP contribution in [-0.2, 0) is 0 Å². The van der Waals surface area contributed by atoms with Crippen LogP contribution >= 0.6 is 0 Å². The Bertz CT molecular complexity index is 337. The van der Waals surface area contributed by atoms with E-state index in [2.05, 4.69) is 5.32 Å². The normalized spacial score (nSPS) is 20.1. The van der Waals surface area contributed by atoms with Crippen molar-refractivity contribution < 1.29 is 14.6 Å². The van der Waals surface area contributed by atoms with E-state index in [0.717, 1.165) is 5.56 Å². The minimum atomic E-state index is -0.516. The van der Waals surface area contributed by atoms with Gasteiger partial charge in [0.05, 0.1) is 12.6 Å². The van der Waals surface area contributed by atoms with Gasteiger partial charge in [-0.15, -0.1) is 0 Å². The summed E-state index contributed by atoms with van der Waals surface area (Å²) in [7, 11) is 0. The Morgan fingerprint density at radius 1 is 1.46 bits per heavy atom. The van der Waals surface area contributed by atoms with Crippen molar-refractivity contribution in [2.45, 2.75) is 6.04 Å². The molecule has 0 aromatic heterocycles. The Kier molecular flexibility index (Phi) is 1.90. The molecule has 0 saturated heterocycles. The molecule has 0 aliphatic carbocycles. The summed E-state index contributed by atoms with van der Waals surface area (Å²) < 4.78 is 4.90. The lowest BCUT2D eigenvalue weighted by Gasteiger charge is -2.24. The van der Waals surface area contributed by atoms with Gasteiger partial charge in [0.1, 0.15) is 5.75 Å². The van der Waals surface area contributed by atoms with Gasteiger partial charge in [0.2, 0.25) is 0 Å². The van der Waals surface area contributed by atoms with E-state index in [1.807, 2.05) is 12.1 Å². The molecule has 1 aromatic carbocycles. The fourth-order valence-corrected chi connectivity index (χ4v) is 1.35. The largest absolute Gasteiger partial charge is 0.413 e. The highest BCUT2D eigenvalue weighted by Crippen LogP contribution is 2.28. The molecule has 0 spiro atoms. The Balaban J connectivity index is 2.42. The third kappa shape index (κ3) is 1.36. The number of amides is 1. The number of aliphatic hydroxyl groups is 1. The van der Waals surface area contributed by atoms with E-state index < -0.39 is 6.09 Å². The number of para-hydroxylation sites is 1. The van der Waals surface area contributed by atoms with Crippen LogP contribution in [0.4, 0.5) is 4.79 Å². The second-order valence-electron chi connectivity index (χ2n) is 2.81. The number of benzene rings is 1. The quantitative estimate of drug-likeness (QED) is 0.671. The Hall–Kier alpha value is -1.55. The van der Waals surface area contributed by atoms with Crippen molar-refractivity contribution >= 4 is 6.09 Å². The highest BCUT2D eigenvalue weighted by Gasteiger charge is 2.24. The van der Waals surface area contributed by atoms with Crippen LogP contribution in [0.15, 0.2) is 24.3 Å². The first-order valence-electron chi connectivity index (χ1n) is 3.99. The molecule has 68 valence electrons. The van der Waals surface area contributed by atoms with Crippen LogP contribution in [0.1, 0.15) is 11.6 Å². The monoisotopic (exact) mass is 179 g/mol. The maximum Gasteiger partial charge on any atom is 0.413 e. The second kappa shape index (κ2) is 3.06. The minimum Gasteiger partial charge on any atom is -0.410 e. The summed E-state index contributed by atoms with van der Waals surface area (Å²) in [4.78, 5) is 11.0. The molecule has 0 bridgehead atoms. The number of hydrogen-bond donors (Lipinski definition) is 2. The van der Waals surface area contributed by atoms with E-state index in [1.54, 1.807) is 12.1 Å². The van der Waals surface area contributed by atoms with Crippen LogP contribution in [0.2, 0.25) is 0 Å². The number of carbonyl (C=O) groups excluding carboxylic acids is 1. The number of nitrogens with one attached hydrogen (secondary N) is 1. The van der Waals surface area contributed by atoms with Crippen molar-refractivity contribution in [3.05, 3.63) is 29.8 Å². The van der Waals surface area contributed by atoms with E-state index in [-0.39, 0.29) is 12.6 Å². The summed E-state index contributed by atoms with van der Waals surface area (Å²) in [6.45, 7) is -0.119. The van der Waals surface area contributed by atoms with Gasteiger partial charge in [-0.3, -0.25) is 0 Å². The van der Waals surface area contributed by atoms with E-state index in [0.29, 0.717) is 5.75 Å². The molecule has 2 rings (SSSR count). The average molecular weight is 179 g/mol. The molecular weight excluding hydrogens is 170 g/mol. The van der Waals surface area contributed by atoms with Gasteiger partial charge in [0, 0.05) is 5.56 Å². The molecule has 1 unspecified atom stereocenters. The lowest BCUT2D eigenvalue weighted by molar-refractivity contribution is 0.171. The number of rotatable bonds is 1. The smallest absolute Gasteiger partial charge is 0.410 e. The summed E-state index contributed by atoms with van der Waals surface area (Å²) >= 11 is 0. The van der Waals surface area contributed by atoms with Gasteiger partial charge in [0.25, 0.3) is 0 Å². The van der Waals surface area contributed by atoms with Crippen LogP contribution in [0.5, 0.6) is 5.75 Å².